The van der Waals surface area contributed by atoms with E-state index in [2.05, 4.69) is 69.9 Å². The Labute approximate surface area is 155 Å². The minimum atomic E-state index is 0.0397. The predicted molar refractivity (Wildman–Crippen MR) is 105 cm³/mol. The molecule has 0 fully saturated rings. The van der Waals surface area contributed by atoms with Gasteiger partial charge in [0.2, 0.25) is 11.8 Å². The topological polar surface area (TPSA) is 52.1 Å². The Hall–Kier alpha value is -2.62. The molecule has 3 rings (SSSR count). The van der Waals surface area contributed by atoms with Crippen molar-refractivity contribution in [1.29, 1.82) is 0 Å². The van der Waals surface area contributed by atoms with E-state index in [9.17, 15) is 0 Å². The van der Waals surface area contributed by atoms with Crippen molar-refractivity contribution >= 4 is 12.2 Å². The first kappa shape index (κ1) is 18.2. The normalized spacial score (nSPS) is 12.8. The van der Waals surface area contributed by atoms with E-state index < -0.39 is 0 Å². The molecule has 0 atom stereocenters. The molecule has 4 nitrogen and oxygen atoms in total. The van der Waals surface area contributed by atoms with Crippen LogP contribution in [0.1, 0.15) is 64.3 Å². The van der Waals surface area contributed by atoms with Gasteiger partial charge in [0, 0.05) is 11.6 Å². The Bertz CT molecular complexity index is 872. The van der Waals surface area contributed by atoms with Crippen LogP contribution in [-0.2, 0) is 10.8 Å². The predicted octanol–water partition coefficient (Wildman–Crippen LogP) is 6.10. The SMILES string of the molecule is CC(C)(C)c1cc(-c2nnc(/C=C/c3ccco3)o2)cc(C(C)(C)C)c1. The van der Waals surface area contributed by atoms with Crippen molar-refractivity contribution in [3.05, 3.63) is 59.4 Å². The number of nitrogens with zero attached hydrogens (tertiary/aromatic N) is 2. The molecule has 0 unspecified atom stereocenters. The summed E-state index contributed by atoms with van der Waals surface area (Å²) in [6.45, 7) is 13.3. The molecule has 0 saturated carbocycles. The molecule has 3 aromatic rings. The Morgan fingerprint density at radius 2 is 1.50 bits per heavy atom. The van der Waals surface area contributed by atoms with Crippen LogP contribution >= 0.6 is 0 Å². The lowest BCUT2D eigenvalue weighted by atomic mass is 9.79. The quantitative estimate of drug-likeness (QED) is 0.573. The van der Waals surface area contributed by atoms with E-state index in [0.29, 0.717) is 11.8 Å². The van der Waals surface area contributed by atoms with Crippen LogP contribution in [0, 0.1) is 0 Å². The van der Waals surface area contributed by atoms with Crippen LogP contribution in [0.4, 0.5) is 0 Å². The summed E-state index contributed by atoms with van der Waals surface area (Å²) < 4.78 is 11.1. The van der Waals surface area contributed by atoms with Gasteiger partial charge in [-0.05, 0) is 52.3 Å². The van der Waals surface area contributed by atoms with Crippen LogP contribution < -0.4 is 0 Å². The summed E-state index contributed by atoms with van der Waals surface area (Å²) in [6.07, 6.45) is 5.20. The number of hydrogen-bond donors (Lipinski definition) is 0. The van der Waals surface area contributed by atoms with Crippen molar-refractivity contribution in [3.8, 4) is 11.5 Å². The van der Waals surface area contributed by atoms with Gasteiger partial charge in [-0.15, -0.1) is 10.2 Å². The highest BCUT2D eigenvalue weighted by molar-refractivity contribution is 5.64. The lowest BCUT2D eigenvalue weighted by molar-refractivity contribution is 0.550. The van der Waals surface area contributed by atoms with Crippen LogP contribution in [0.15, 0.2) is 45.4 Å². The summed E-state index contributed by atoms with van der Waals surface area (Å²) in [6, 6.07) is 10.3. The molecule has 0 amide bonds. The summed E-state index contributed by atoms with van der Waals surface area (Å²) in [5.41, 5.74) is 3.54. The molecule has 0 N–H and O–H groups in total. The molecule has 1 aromatic carbocycles. The molecule has 0 radical (unpaired) electrons. The zero-order chi connectivity index (χ0) is 18.9. The Morgan fingerprint density at radius 3 is 2.04 bits per heavy atom. The van der Waals surface area contributed by atoms with E-state index in [-0.39, 0.29) is 10.8 Å². The second-order valence-electron chi connectivity index (χ2n) is 8.59. The second-order valence-corrected chi connectivity index (χ2v) is 8.59. The van der Waals surface area contributed by atoms with Crippen molar-refractivity contribution < 1.29 is 8.83 Å². The van der Waals surface area contributed by atoms with Gasteiger partial charge in [-0.2, -0.15) is 0 Å². The van der Waals surface area contributed by atoms with Crippen molar-refractivity contribution in [3.63, 3.8) is 0 Å². The van der Waals surface area contributed by atoms with Gasteiger partial charge in [0.1, 0.15) is 5.76 Å². The molecule has 0 saturated heterocycles. The van der Waals surface area contributed by atoms with Crippen LogP contribution in [0.3, 0.4) is 0 Å². The van der Waals surface area contributed by atoms with Gasteiger partial charge in [0.25, 0.3) is 0 Å². The van der Waals surface area contributed by atoms with Gasteiger partial charge < -0.3 is 8.83 Å². The zero-order valence-corrected chi connectivity index (χ0v) is 16.3. The van der Waals surface area contributed by atoms with E-state index in [1.807, 2.05) is 18.2 Å². The molecular weight excluding hydrogens is 324 g/mol. The number of rotatable bonds is 3. The van der Waals surface area contributed by atoms with Crippen molar-refractivity contribution in [2.45, 2.75) is 52.4 Å². The van der Waals surface area contributed by atoms with E-state index in [1.165, 1.54) is 11.1 Å². The molecule has 26 heavy (non-hydrogen) atoms. The van der Waals surface area contributed by atoms with Crippen LogP contribution in [0.25, 0.3) is 23.6 Å². The molecule has 0 aliphatic rings. The lowest BCUT2D eigenvalue weighted by Crippen LogP contribution is -2.16. The highest BCUT2D eigenvalue weighted by Gasteiger charge is 2.22. The zero-order valence-electron chi connectivity index (χ0n) is 16.3. The van der Waals surface area contributed by atoms with E-state index in [1.54, 1.807) is 12.3 Å². The van der Waals surface area contributed by atoms with Crippen LogP contribution in [0.2, 0.25) is 0 Å². The molecule has 0 spiro atoms. The average molecular weight is 350 g/mol. The minimum absolute atomic E-state index is 0.0397. The van der Waals surface area contributed by atoms with Crippen molar-refractivity contribution in [1.82, 2.24) is 10.2 Å². The second kappa shape index (κ2) is 6.60. The number of aromatic nitrogens is 2. The first-order valence-corrected chi connectivity index (χ1v) is 8.84. The van der Waals surface area contributed by atoms with Gasteiger partial charge in [-0.1, -0.05) is 47.6 Å². The lowest BCUT2D eigenvalue weighted by Gasteiger charge is -2.25. The highest BCUT2D eigenvalue weighted by Crippen LogP contribution is 2.33. The van der Waals surface area contributed by atoms with Gasteiger partial charge in [-0.3, -0.25) is 0 Å². The van der Waals surface area contributed by atoms with Gasteiger partial charge in [-0.25, -0.2) is 0 Å². The molecule has 2 aromatic heterocycles. The molecule has 4 heteroatoms. The molecule has 0 bridgehead atoms. The Kier molecular flexibility index (Phi) is 4.61. The summed E-state index contributed by atoms with van der Waals surface area (Å²) in [5, 5.41) is 8.36. The van der Waals surface area contributed by atoms with Gasteiger partial charge in [0.05, 0.1) is 6.26 Å². The fourth-order valence-electron chi connectivity index (χ4n) is 2.58. The maximum Gasteiger partial charge on any atom is 0.248 e. The number of furan rings is 1. The Balaban J connectivity index is 1.98. The monoisotopic (exact) mass is 350 g/mol. The van der Waals surface area contributed by atoms with Gasteiger partial charge >= 0.3 is 0 Å². The summed E-state index contributed by atoms with van der Waals surface area (Å²) in [5.74, 6) is 1.73. The first-order chi connectivity index (χ1) is 12.1. The first-order valence-electron chi connectivity index (χ1n) is 8.84. The highest BCUT2D eigenvalue weighted by atomic mass is 16.4. The molecule has 136 valence electrons. The third-order valence-electron chi connectivity index (χ3n) is 4.29. The largest absolute Gasteiger partial charge is 0.465 e. The average Bonchev–Trinajstić information content (AvgIpc) is 3.22. The Morgan fingerprint density at radius 1 is 0.846 bits per heavy atom. The smallest absolute Gasteiger partial charge is 0.248 e. The maximum atomic E-state index is 5.85. The minimum Gasteiger partial charge on any atom is -0.465 e. The third kappa shape index (κ3) is 4.13. The van der Waals surface area contributed by atoms with E-state index >= 15 is 0 Å². The van der Waals surface area contributed by atoms with Crippen molar-refractivity contribution in [2.24, 2.45) is 0 Å². The molecule has 0 aliphatic heterocycles. The number of hydrogen-bond acceptors (Lipinski definition) is 4. The summed E-state index contributed by atoms with van der Waals surface area (Å²) in [4.78, 5) is 0. The fraction of sp³-hybridized carbons (Fsp3) is 0.364. The summed E-state index contributed by atoms with van der Waals surface area (Å²) in [7, 11) is 0. The fourth-order valence-corrected chi connectivity index (χ4v) is 2.58. The van der Waals surface area contributed by atoms with Crippen LogP contribution in [0.5, 0.6) is 0 Å². The summed E-state index contributed by atoms with van der Waals surface area (Å²) >= 11 is 0. The van der Waals surface area contributed by atoms with Crippen molar-refractivity contribution in [2.75, 3.05) is 0 Å². The third-order valence-corrected chi connectivity index (χ3v) is 4.29. The van der Waals surface area contributed by atoms with E-state index in [0.717, 1.165) is 11.3 Å². The van der Waals surface area contributed by atoms with Crippen LogP contribution in [-0.4, -0.2) is 10.2 Å². The standard InChI is InChI=1S/C22H26N2O2/c1-21(2,3)16-12-15(13-17(14-16)22(4,5)6)20-24-23-19(26-20)10-9-18-8-7-11-25-18/h7-14H,1-6H3/b10-9+. The molecule has 0 aliphatic carbocycles. The van der Waals surface area contributed by atoms with E-state index in [4.69, 9.17) is 8.83 Å². The molecular formula is C22H26N2O2. The maximum absolute atomic E-state index is 5.85. The molecule has 2 heterocycles. The number of benzene rings is 1. The van der Waals surface area contributed by atoms with Gasteiger partial charge in [0.15, 0.2) is 0 Å².